The zero-order valence-corrected chi connectivity index (χ0v) is 14.9. The third kappa shape index (κ3) is 4.56. The number of carbonyl (C=O) groups is 1. The highest BCUT2D eigenvalue weighted by atomic mass is 32.2. The number of nitrogens with zero attached hydrogens (tertiary/aromatic N) is 1. The van der Waals surface area contributed by atoms with Crippen molar-refractivity contribution < 1.29 is 17.6 Å². The molecule has 1 aliphatic rings. The fraction of sp³-hybridized carbons (Fsp3) is 0.312. The lowest BCUT2D eigenvalue weighted by molar-refractivity contribution is 0.193. The third-order valence-electron chi connectivity index (χ3n) is 3.96. The number of anilines is 1. The Labute approximate surface area is 149 Å². The Morgan fingerprint density at radius 3 is 2.44 bits per heavy atom. The highest BCUT2D eigenvalue weighted by Gasteiger charge is 2.27. The van der Waals surface area contributed by atoms with Gasteiger partial charge in [-0.15, -0.1) is 11.3 Å². The van der Waals surface area contributed by atoms with Crippen molar-refractivity contribution in [3.05, 3.63) is 47.6 Å². The molecule has 0 saturated carbocycles. The topological polar surface area (TPSA) is 78.5 Å². The first-order chi connectivity index (χ1) is 11.9. The molecule has 134 valence electrons. The molecule has 2 heterocycles. The summed E-state index contributed by atoms with van der Waals surface area (Å²) in [6.07, 6.45) is 1.09. The summed E-state index contributed by atoms with van der Waals surface area (Å²) in [6.45, 7) is 0.898. The molecule has 0 bridgehead atoms. The van der Waals surface area contributed by atoms with E-state index >= 15 is 0 Å². The second-order valence-corrected chi connectivity index (χ2v) is 8.64. The van der Waals surface area contributed by atoms with E-state index in [0.29, 0.717) is 35.8 Å². The van der Waals surface area contributed by atoms with Crippen LogP contribution in [0.4, 0.5) is 14.9 Å². The molecule has 0 aliphatic carbocycles. The lowest BCUT2D eigenvalue weighted by Gasteiger charge is -2.32. The van der Waals surface area contributed by atoms with Crippen molar-refractivity contribution in [3.63, 3.8) is 0 Å². The monoisotopic (exact) mass is 383 g/mol. The van der Waals surface area contributed by atoms with E-state index in [1.807, 2.05) is 0 Å². The number of thiophene rings is 1. The van der Waals surface area contributed by atoms with Gasteiger partial charge in [0.25, 0.3) is 0 Å². The molecule has 3 rings (SSSR count). The molecule has 6 nitrogen and oxygen atoms in total. The number of rotatable bonds is 4. The van der Waals surface area contributed by atoms with Gasteiger partial charge in [-0.3, -0.25) is 0 Å². The van der Waals surface area contributed by atoms with E-state index in [1.54, 1.807) is 22.4 Å². The van der Waals surface area contributed by atoms with Gasteiger partial charge in [-0.05, 0) is 48.6 Å². The van der Waals surface area contributed by atoms with Gasteiger partial charge in [0.15, 0.2) is 0 Å². The summed E-state index contributed by atoms with van der Waals surface area (Å²) in [7, 11) is -3.49. The third-order valence-corrected chi connectivity index (χ3v) is 6.88. The summed E-state index contributed by atoms with van der Waals surface area (Å²) in [5, 5.41) is 4.43. The van der Waals surface area contributed by atoms with Crippen LogP contribution in [0.3, 0.4) is 0 Å². The van der Waals surface area contributed by atoms with Crippen LogP contribution in [0.5, 0.6) is 0 Å². The second-order valence-electron chi connectivity index (χ2n) is 5.75. The normalized spacial score (nSPS) is 16.0. The minimum absolute atomic E-state index is 0.193. The molecule has 1 aromatic heterocycles. The molecule has 0 unspecified atom stereocenters. The Balaban J connectivity index is 1.51. The zero-order valence-electron chi connectivity index (χ0n) is 13.3. The first-order valence-corrected chi connectivity index (χ1v) is 10.2. The maximum atomic E-state index is 12.9. The highest BCUT2D eigenvalue weighted by molar-refractivity contribution is 7.91. The lowest BCUT2D eigenvalue weighted by atomic mass is 10.1. The molecule has 0 radical (unpaired) electrons. The Morgan fingerprint density at radius 2 is 1.84 bits per heavy atom. The summed E-state index contributed by atoms with van der Waals surface area (Å²) in [5.41, 5.74) is 0.520. The summed E-state index contributed by atoms with van der Waals surface area (Å²) >= 11 is 1.17. The molecule has 1 aliphatic heterocycles. The number of hydrogen-bond acceptors (Lipinski definition) is 4. The number of nitrogens with one attached hydrogen (secondary N) is 2. The summed E-state index contributed by atoms with van der Waals surface area (Å²) in [6, 6.07) is 8.35. The molecule has 0 atom stereocenters. The summed E-state index contributed by atoms with van der Waals surface area (Å²) in [5.74, 6) is -0.364. The van der Waals surface area contributed by atoms with Crippen molar-refractivity contribution in [2.45, 2.75) is 23.1 Å². The van der Waals surface area contributed by atoms with Crippen molar-refractivity contribution in [1.29, 1.82) is 0 Å². The molecule has 2 aromatic rings. The standard InChI is InChI=1S/C16H18FN3O3S2/c17-12-3-5-13(6-4-12)18-16(21)20-9-7-14(8-10-20)19-25(22,23)15-2-1-11-24-15/h1-6,11,14,19H,7-10H2,(H,18,21). The lowest BCUT2D eigenvalue weighted by Crippen LogP contribution is -2.47. The van der Waals surface area contributed by atoms with Gasteiger partial charge in [-0.2, -0.15) is 0 Å². The van der Waals surface area contributed by atoms with Gasteiger partial charge >= 0.3 is 6.03 Å². The Kier molecular flexibility index (Phi) is 5.36. The molecule has 9 heteroatoms. The quantitative estimate of drug-likeness (QED) is 0.852. The Hall–Kier alpha value is -1.97. The first kappa shape index (κ1) is 17.8. The minimum Gasteiger partial charge on any atom is -0.324 e. The average Bonchev–Trinajstić information content (AvgIpc) is 3.13. The molecule has 2 amide bonds. The molecule has 2 N–H and O–H groups in total. The zero-order chi connectivity index (χ0) is 17.9. The SMILES string of the molecule is O=C(Nc1ccc(F)cc1)N1CCC(NS(=O)(=O)c2cccs2)CC1. The molecule has 25 heavy (non-hydrogen) atoms. The number of likely N-dealkylation sites (tertiary alicyclic amines) is 1. The number of sulfonamides is 1. The largest absolute Gasteiger partial charge is 0.324 e. The van der Waals surface area contributed by atoms with Gasteiger partial charge in [-0.1, -0.05) is 6.07 Å². The van der Waals surface area contributed by atoms with Crippen LogP contribution in [0, 0.1) is 5.82 Å². The summed E-state index contributed by atoms with van der Waals surface area (Å²) in [4.78, 5) is 13.8. The van der Waals surface area contributed by atoms with E-state index < -0.39 is 10.0 Å². The predicted molar refractivity (Wildman–Crippen MR) is 94.7 cm³/mol. The fourth-order valence-corrected chi connectivity index (χ4v) is 4.94. The molecule has 1 saturated heterocycles. The van der Waals surface area contributed by atoms with Gasteiger partial charge in [-0.25, -0.2) is 22.3 Å². The van der Waals surface area contributed by atoms with E-state index in [-0.39, 0.29) is 17.9 Å². The molecule has 1 aromatic carbocycles. The minimum atomic E-state index is -3.49. The van der Waals surface area contributed by atoms with E-state index in [2.05, 4.69) is 10.0 Å². The van der Waals surface area contributed by atoms with E-state index in [0.717, 1.165) is 0 Å². The van der Waals surface area contributed by atoms with E-state index in [1.165, 1.54) is 35.6 Å². The molecular weight excluding hydrogens is 365 g/mol. The van der Waals surface area contributed by atoms with Crippen molar-refractivity contribution in [1.82, 2.24) is 9.62 Å². The number of hydrogen-bond donors (Lipinski definition) is 2. The summed E-state index contributed by atoms with van der Waals surface area (Å²) < 4.78 is 40.3. The van der Waals surface area contributed by atoms with Crippen molar-refractivity contribution in [2.75, 3.05) is 18.4 Å². The Bertz CT molecular complexity index is 815. The predicted octanol–water partition coefficient (Wildman–Crippen LogP) is 2.86. The Morgan fingerprint density at radius 1 is 1.16 bits per heavy atom. The number of piperidine rings is 1. The van der Waals surface area contributed by atoms with Crippen LogP contribution in [-0.2, 0) is 10.0 Å². The second kappa shape index (κ2) is 7.51. The maximum Gasteiger partial charge on any atom is 0.321 e. The number of halogens is 1. The van der Waals surface area contributed by atoms with E-state index in [4.69, 9.17) is 0 Å². The van der Waals surface area contributed by atoms with Crippen molar-refractivity contribution >= 4 is 33.1 Å². The number of carbonyl (C=O) groups excluding carboxylic acids is 1. The average molecular weight is 383 g/mol. The van der Waals surface area contributed by atoms with Gasteiger partial charge in [0.1, 0.15) is 10.0 Å². The van der Waals surface area contributed by atoms with Crippen molar-refractivity contribution in [3.8, 4) is 0 Å². The fourth-order valence-electron chi connectivity index (χ4n) is 2.63. The first-order valence-electron chi connectivity index (χ1n) is 7.81. The van der Waals surface area contributed by atoms with Gasteiger partial charge in [0.2, 0.25) is 10.0 Å². The van der Waals surface area contributed by atoms with Crippen LogP contribution in [-0.4, -0.2) is 38.5 Å². The highest BCUT2D eigenvalue weighted by Crippen LogP contribution is 2.19. The maximum absolute atomic E-state index is 12.9. The van der Waals surface area contributed by atoms with Gasteiger partial charge in [0, 0.05) is 24.8 Å². The number of urea groups is 1. The molecule has 1 fully saturated rings. The van der Waals surface area contributed by atoms with Crippen LogP contribution in [0.25, 0.3) is 0 Å². The number of benzene rings is 1. The van der Waals surface area contributed by atoms with Crippen LogP contribution >= 0.6 is 11.3 Å². The number of amides is 2. The smallest absolute Gasteiger partial charge is 0.321 e. The van der Waals surface area contributed by atoms with Crippen molar-refractivity contribution in [2.24, 2.45) is 0 Å². The van der Waals surface area contributed by atoms with Crippen LogP contribution in [0.1, 0.15) is 12.8 Å². The molecule has 0 spiro atoms. The van der Waals surface area contributed by atoms with E-state index in [9.17, 15) is 17.6 Å². The van der Waals surface area contributed by atoms with Crippen LogP contribution in [0.15, 0.2) is 46.0 Å². The van der Waals surface area contributed by atoms with Gasteiger partial charge < -0.3 is 10.2 Å². The van der Waals surface area contributed by atoms with Gasteiger partial charge in [0.05, 0.1) is 0 Å². The van der Waals surface area contributed by atoms with Crippen LogP contribution in [0.2, 0.25) is 0 Å². The van der Waals surface area contributed by atoms with Crippen LogP contribution < -0.4 is 10.0 Å². The molecular formula is C16H18FN3O3S2.